The van der Waals surface area contributed by atoms with Gasteiger partial charge in [0, 0.05) is 13.2 Å². The van der Waals surface area contributed by atoms with Crippen molar-refractivity contribution in [2.24, 2.45) is 5.73 Å². The third-order valence-corrected chi connectivity index (χ3v) is 2.69. The van der Waals surface area contributed by atoms with Crippen LogP contribution >= 0.6 is 0 Å². The lowest BCUT2D eigenvalue weighted by molar-refractivity contribution is 0.132. The summed E-state index contributed by atoms with van der Waals surface area (Å²) in [6, 6.07) is -0.485. The number of hydrogen-bond acceptors (Lipinski definition) is 2. The molecule has 0 heterocycles. The second-order valence-corrected chi connectivity index (χ2v) is 4.38. The first-order valence-electron chi connectivity index (χ1n) is 6.88. The van der Waals surface area contributed by atoms with Crippen LogP contribution < -0.4 is 11.1 Å². The molecule has 0 saturated carbocycles. The van der Waals surface area contributed by atoms with Crippen LogP contribution in [0.4, 0.5) is 4.79 Å². The first-order chi connectivity index (χ1) is 8.27. The maximum absolute atomic E-state index is 10.3. The van der Waals surface area contributed by atoms with Crippen LogP contribution in [-0.2, 0) is 4.74 Å². The second-order valence-electron chi connectivity index (χ2n) is 4.38. The number of rotatable bonds is 12. The highest BCUT2D eigenvalue weighted by Gasteiger charge is 1.93. The van der Waals surface area contributed by atoms with Gasteiger partial charge < -0.3 is 15.8 Å². The zero-order chi connectivity index (χ0) is 12.8. The molecule has 0 rings (SSSR count). The number of nitrogens with two attached hydrogens (primary N) is 1. The first kappa shape index (κ1) is 16.2. The quantitative estimate of drug-likeness (QED) is 0.518. The maximum Gasteiger partial charge on any atom is 0.312 e. The molecule has 0 saturated heterocycles. The van der Waals surface area contributed by atoms with Gasteiger partial charge in [-0.1, -0.05) is 51.9 Å². The summed E-state index contributed by atoms with van der Waals surface area (Å²) in [5.74, 6) is 0. The van der Waals surface area contributed by atoms with E-state index in [9.17, 15) is 4.79 Å². The molecule has 0 bridgehead atoms. The largest absolute Gasteiger partial charge is 0.380 e. The van der Waals surface area contributed by atoms with Crippen LogP contribution in [0.5, 0.6) is 0 Å². The lowest BCUT2D eigenvalue weighted by Crippen LogP contribution is -2.32. The molecule has 17 heavy (non-hydrogen) atoms. The number of nitrogens with one attached hydrogen (secondary N) is 1. The zero-order valence-electron chi connectivity index (χ0n) is 11.2. The van der Waals surface area contributed by atoms with E-state index in [0.717, 1.165) is 13.0 Å². The van der Waals surface area contributed by atoms with E-state index in [-0.39, 0.29) is 0 Å². The summed E-state index contributed by atoms with van der Waals surface area (Å²) in [6.07, 6.45) is 10.5. The van der Waals surface area contributed by atoms with Crippen LogP contribution in [0, 0.1) is 0 Å². The molecule has 102 valence electrons. The monoisotopic (exact) mass is 244 g/mol. The molecule has 0 fully saturated rings. The molecule has 0 unspecified atom stereocenters. The van der Waals surface area contributed by atoms with Gasteiger partial charge in [-0.2, -0.15) is 0 Å². The van der Waals surface area contributed by atoms with Crippen LogP contribution in [0.2, 0.25) is 0 Å². The molecule has 2 amide bonds. The van der Waals surface area contributed by atoms with Crippen LogP contribution in [0.25, 0.3) is 0 Å². The van der Waals surface area contributed by atoms with Crippen molar-refractivity contribution in [3.05, 3.63) is 0 Å². The Morgan fingerprint density at radius 2 is 1.59 bits per heavy atom. The Morgan fingerprint density at radius 1 is 1.00 bits per heavy atom. The lowest BCUT2D eigenvalue weighted by atomic mass is 10.1. The molecule has 4 heteroatoms. The predicted octanol–water partition coefficient (Wildman–Crippen LogP) is 2.81. The Hall–Kier alpha value is -0.770. The van der Waals surface area contributed by atoms with Crippen LogP contribution in [0.15, 0.2) is 0 Å². The average molecular weight is 244 g/mol. The third-order valence-electron chi connectivity index (χ3n) is 2.69. The fourth-order valence-electron chi connectivity index (χ4n) is 1.69. The first-order valence-corrected chi connectivity index (χ1v) is 6.88. The highest BCUT2D eigenvalue weighted by Crippen LogP contribution is 2.08. The van der Waals surface area contributed by atoms with E-state index in [1.165, 1.54) is 44.9 Å². The van der Waals surface area contributed by atoms with Crippen molar-refractivity contribution >= 4 is 6.03 Å². The standard InChI is InChI=1S/C13H28N2O2/c1-2-3-4-5-6-7-8-9-11-17-12-10-15-13(14)16/h2-12H2,1H3,(H3,14,15,16). The van der Waals surface area contributed by atoms with E-state index in [1.807, 2.05) is 0 Å². The van der Waals surface area contributed by atoms with Crippen molar-refractivity contribution in [1.29, 1.82) is 0 Å². The third kappa shape index (κ3) is 15.2. The molecule has 4 nitrogen and oxygen atoms in total. The molecule has 0 aromatic heterocycles. The Labute approximate surface area is 105 Å². The number of primary amides is 1. The summed E-state index contributed by atoms with van der Waals surface area (Å²) < 4.78 is 5.36. The molecule has 3 N–H and O–H groups in total. The molecule has 0 aliphatic heterocycles. The number of carbonyl (C=O) groups is 1. The molecule has 0 aromatic carbocycles. The molecule has 0 aromatic rings. The normalized spacial score (nSPS) is 10.4. The molecule has 0 aliphatic rings. The number of carbonyl (C=O) groups excluding carboxylic acids is 1. The lowest BCUT2D eigenvalue weighted by Gasteiger charge is -2.04. The molecule has 0 spiro atoms. The van der Waals surface area contributed by atoms with E-state index in [4.69, 9.17) is 10.5 Å². The van der Waals surface area contributed by atoms with Gasteiger partial charge >= 0.3 is 6.03 Å². The minimum atomic E-state index is -0.485. The van der Waals surface area contributed by atoms with Gasteiger partial charge in [0.2, 0.25) is 0 Å². The number of hydrogen-bond donors (Lipinski definition) is 2. The van der Waals surface area contributed by atoms with Crippen LogP contribution in [0.3, 0.4) is 0 Å². The van der Waals surface area contributed by atoms with Crippen LogP contribution in [0.1, 0.15) is 58.3 Å². The van der Waals surface area contributed by atoms with Crippen molar-refractivity contribution < 1.29 is 9.53 Å². The van der Waals surface area contributed by atoms with Crippen molar-refractivity contribution in [3.8, 4) is 0 Å². The number of amides is 2. The number of ether oxygens (including phenoxy) is 1. The van der Waals surface area contributed by atoms with Crippen molar-refractivity contribution in [2.45, 2.75) is 58.3 Å². The summed E-state index contributed by atoms with van der Waals surface area (Å²) in [7, 11) is 0. The topological polar surface area (TPSA) is 64.3 Å². The van der Waals surface area contributed by atoms with Crippen molar-refractivity contribution in [1.82, 2.24) is 5.32 Å². The fourth-order valence-corrected chi connectivity index (χ4v) is 1.69. The predicted molar refractivity (Wildman–Crippen MR) is 71.0 cm³/mol. The SMILES string of the molecule is CCCCCCCCCCOCCNC(N)=O. The Bertz CT molecular complexity index is 175. The summed E-state index contributed by atoms with van der Waals surface area (Å²) in [5, 5.41) is 2.49. The Kier molecular flexibility index (Phi) is 12.7. The van der Waals surface area contributed by atoms with Gasteiger partial charge in [0.15, 0.2) is 0 Å². The van der Waals surface area contributed by atoms with Gasteiger partial charge in [-0.3, -0.25) is 0 Å². The van der Waals surface area contributed by atoms with Crippen molar-refractivity contribution in [3.63, 3.8) is 0 Å². The van der Waals surface area contributed by atoms with E-state index >= 15 is 0 Å². The number of urea groups is 1. The number of unbranched alkanes of at least 4 members (excludes halogenated alkanes) is 7. The summed E-state index contributed by atoms with van der Waals surface area (Å²) in [6.45, 7) is 4.09. The fraction of sp³-hybridized carbons (Fsp3) is 0.923. The van der Waals surface area contributed by atoms with Gasteiger partial charge in [0.1, 0.15) is 0 Å². The van der Waals surface area contributed by atoms with Gasteiger partial charge in [-0.05, 0) is 6.42 Å². The van der Waals surface area contributed by atoms with Gasteiger partial charge in [0.05, 0.1) is 6.61 Å². The highest BCUT2D eigenvalue weighted by molar-refractivity contribution is 5.71. The molecule has 0 atom stereocenters. The Balaban J connectivity index is 2.91. The molecule has 0 radical (unpaired) electrons. The maximum atomic E-state index is 10.3. The molecular weight excluding hydrogens is 216 g/mol. The van der Waals surface area contributed by atoms with Gasteiger partial charge in [-0.15, -0.1) is 0 Å². The van der Waals surface area contributed by atoms with Gasteiger partial charge in [0.25, 0.3) is 0 Å². The van der Waals surface area contributed by atoms with E-state index in [2.05, 4.69) is 12.2 Å². The minimum absolute atomic E-state index is 0.485. The molecule has 0 aliphatic carbocycles. The summed E-state index contributed by atoms with van der Waals surface area (Å²) >= 11 is 0. The Morgan fingerprint density at radius 3 is 2.18 bits per heavy atom. The smallest absolute Gasteiger partial charge is 0.312 e. The van der Waals surface area contributed by atoms with Gasteiger partial charge in [-0.25, -0.2) is 4.79 Å². The zero-order valence-corrected chi connectivity index (χ0v) is 11.2. The summed E-state index contributed by atoms with van der Waals surface area (Å²) in [4.78, 5) is 10.3. The van der Waals surface area contributed by atoms with Crippen molar-refractivity contribution in [2.75, 3.05) is 19.8 Å². The minimum Gasteiger partial charge on any atom is -0.380 e. The highest BCUT2D eigenvalue weighted by atomic mass is 16.5. The van der Waals surface area contributed by atoms with E-state index in [1.54, 1.807) is 0 Å². The average Bonchev–Trinajstić information content (AvgIpc) is 2.30. The van der Waals surface area contributed by atoms with E-state index < -0.39 is 6.03 Å². The van der Waals surface area contributed by atoms with Crippen LogP contribution in [-0.4, -0.2) is 25.8 Å². The summed E-state index contributed by atoms with van der Waals surface area (Å²) in [5.41, 5.74) is 4.92. The molecular formula is C13H28N2O2. The van der Waals surface area contributed by atoms with E-state index in [0.29, 0.717) is 13.2 Å². The second kappa shape index (κ2) is 13.3.